The minimum absolute atomic E-state index is 0.0353. The third-order valence-electron chi connectivity index (χ3n) is 5.54. The Morgan fingerprint density at radius 2 is 1.96 bits per heavy atom. The summed E-state index contributed by atoms with van der Waals surface area (Å²) in [7, 11) is 1.90. The molecule has 1 fully saturated rings. The van der Waals surface area contributed by atoms with E-state index in [0.29, 0.717) is 0 Å². The smallest absolute Gasteiger partial charge is 0.239 e. The number of amides is 1. The standard InChI is InChI=1S/C22H27N5O/c1-3-4-10-20-22(28)25(2)11-12-26(20)15-17-13-23-21-19(14-24-27(21)16-17)18-8-6-5-7-9-18/h5-9,13-14,16,20H,3-4,10-12,15H2,1-2H3/t20-/m0/s1. The number of unbranched alkanes of at least 4 members (excludes halogenated alkanes) is 1. The van der Waals surface area contributed by atoms with E-state index in [-0.39, 0.29) is 11.9 Å². The lowest BCUT2D eigenvalue weighted by Gasteiger charge is -2.39. The van der Waals surface area contributed by atoms with E-state index in [0.717, 1.165) is 61.2 Å². The fourth-order valence-corrected chi connectivity index (χ4v) is 3.90. The molecule has 0 radical (unpaired) electrons. The molecule has 2 aromatic heterocycles. The second-order valence-electron chi connectivity index (χ2n) is 7.54. The number of rotatable bonds is 6. The highest BCUT2D eigenvalue weighted by atomic mass is 16.2. The minimum Gasteiger partial charge on any atom is -0.343 e. The first-order valence-corrected chi connectivity index (χ1v) is 10.0. The molecule has 4 rings (SSSR count). The van der Waals surface area contributed by atoms with E-state index in [9.17, 15) is 4.79 Å². The van der Waals surface area contributed by atoms with Gasteiger partial charge in [-0.1, -0.05) is 50.1 Å². The third-order valence-corrected chi connectivity index (χ3v) is 5.54. The molecule has 3 aromatic rings. The highest BCUT2D eigenvalue weighted by molar-refractivity contribution is 5.82. The number of likely N-dealkylation sites (N-methyl/N-ethyl adjacent to an activating group) is 1. The predicted octanol–water partition coefficient (Wildman–Crippen LogP) is 3.23. The van der Waals surface area contributed by atoms with E-state index in [1.54, 1.807) is 0 Å². The van der Waals surface area contributed by atoms with E-state index < -0.39 is 0 Å². The maximum absolute atomic E-state index is 12.7. The van der Waals surface area contributed by atoms with Crippen molar-refractivity contribution in [2.24, 2.45) is 0 Å². The molecule has 0 bridgehead atoms. The van der Waals surface area contributed by atoms with Crippen LogP contribution in [0.2, 0.25) is 0 Å². The maximum Gasteiger partial charge on any atom is 0.239 e. The maximum atomic E-state index is 12.7. The molecular formula is C22H27N5O. The van der Waals surface area contributed by atoms with Crippen LogP contribution >= 0.6 is 0 Å². The quantitative estimate of drug-likeness (QED) is 0.662. The number of hydrogen-bond acceptors (Lipinski definition) is 4. The molecule has 0 N–H and O–H groups in total. The molecule has 0 aliphatic carbocycles. The zero-order valence-corrected chi connectivity index (χ0v) is 16.6. The predicted molar refractivity (Wildman–Crippen MR) is 110 cm³/mol. The Morgan fingerprint density at radius 1 is 1.14 bits per heavy atom. The van der Waals surface area contributed by atoms with Crippen LogP contribution in [0.3, 0.4) is 0 Å². The van der Waals surface area contributed by atoms with Crippen molar-refractivity contribution >= 4 is 11.6 Å². The number of carbonyl (C=O) groups excluding carboxylic acids is 1. The Labute approximate surface area is 165 Å². The summed E-state index contributed by atoms with van der Waals surface area (Å²) < 4.78 is 1.84. The van der Waals surface area contributed by atoms with Gasteiger partial charge in [0.15, 0.2) is 5.65 Å². The molecule has 0 saturated carbocycles. The summed E-state index contributed by atoms with van der Waals surface area (Å²) in [6, 6.07) is 10.2. The van der Waals surface area contributed by atoms with Crippen LogP contribution in [0.15, 0.2) is 48.9 Å². The van der Waals surface area contributed by atoms with Gasteiger partial charge in [0.2, 0.25) is 5.91 Å². The van der Waals surface area contributed by atoms with Crippen molar-refractivity contribution in [2.45, 2.75) is 38.8 Å². The molecule has 3 heterocycles. The first-order valence-electron chi connectivity index (χ1n) is 10.0. The Bertz CT molecular complexity index is 952. The van der Waals surface area contributed by atoms with Crippen LogP contribution in [0, 0.1) is 0 Å². The molecule has 28 heavy (non-hydrogen) atoms. The van der Waals surface area contributed by atoms with Gasteiger partial charge in [-0.05, 0) is 12.0 Å². The topological polar surface area (TPSA) is 53.7 Å². The van der Waals surface area contributed by atoms with E-state index in [1.807, 2.05) is 53.3 Å². The van der Waals surface area contributed by atoms with Gasteiger partial charge in [-0.2, -0.15) is 5.10 Å². The zero-order valence-electron chi connectivity index (χ0n) is 16.6. The number of aromatic nitrogens is 3. The fourth-order valence-electron chi connectivity index (χ4n) is 3.90. The number of hydrogen-bond donors (Lipinski definition) is 0. The molecule has 6 nitrogen and oxygen atoms in total. The number of piperazine rings is 1. The SMILES string of the molecule is CCCC[C@H]1C(=O)N(C)CCN1Cc1cnc2c(-c3ccccc3)cnn2c1. The van der Waals surface area contributed by atoms with E-state index in [4.69, 9.17) is 0 Å². The molecule has 0 unspecified atom stereocenters. The molecule has 0 spiro atoms. The van der Waals surface area contributed by atoms with E-state index >= 15 is 0 Å². The Kier molecular flexibility index (Phi) is 5.39. The lowest BCUT2D eigenvalue weighted by molar-refractivity contribution is -0.140. The summed E-state index contributed by atoms with van der Waals surface area (Å²) in [5, 5.41) is 4.50. The van der Waals surface area contributed by atoms with Gasteiger partial charge >= 0.3 is 0 Å². The molecule has 1 amide bonds. The van der Waals surface area contributed by atoms with Crippen molar-refractivity contribution in [2.75, 3.05) is 20.1 Å². The van der Waals surface area contributed by atoms with Crippen molar-refractivity contribution in [3.05, 3.63) is 54.5 Å². The van der Waals surface area contributed by atoms with Crippen molar-refractivity contribution in [3.8, 4) is 11.1 Å². The molecule has 1 atom stereocenters. The summed E-state index contributed by atoms with van der Waals surface area (Å²) in [5.41, 5.74) is 4.07. The van der Waals surface area contributed by atoms with Crippen molar-refractivity contribution in [3.63, 3.8) is 0 Å². The molecular weight excluding hydrogens is 350 g/mol. The number of benzene rings is 1. The fraction of sp³-hybridized carbons (Fsp3) is 0.409. The summed E-state index contributed by atoms with van der Waals surface area (Å²) in [6.07, 6.45) is 8.90. The number of fused-ring (bicyclic) bond motifs is 1. The van der Waals surface area contributed by atoms with E-state index in [2.05, 4.69) is 34.0 Å². The second kappa shape index (κ2) is 8.10. The first kappa shape index (κ1) is 18.6. The van der Waals surface area contributed by atoms with Crippen molar-refractivity contribution in [1.82, 2.24) is 24.4 Å². The molecule has 6 heteroatoms. The molecule has 146 valence electrons. The summed E-state index contributed by atoms with van der Waals surface area (Å²) in [6.45, 7) is 4.55. The lowest BCUT2D eigenvalue weighted by atomic mass is 10.0. The Hall–Kier alpha value is -2.73. The molecule has 1 aliphatic rings. The second-order valence-corrected chi connectivity index (χ2v) is 7.54. The normalized spacial score (nSPS) is 18.1. The van der Waals surface area contributed by atoms with Crippen LogP contribution < -0.4 is 0 Å². The largest absolute Gasteiger partial charge is 0.343 e. The van der Waals surface area contributed by atoms with Gasteiger partial charge in [-0.15, -0.1) is 0 Å². The first-order chi connectivity index (χ1) is 13.7. The van der Waals surface area contributed by atoms with Crippen LogP contribution in [0.1, 0.15) is 31.7 Å². The lowest BCUT2D eigenvalue weighted by Crippen LogP contribution is -2.55. The average molecular weight is 377 g/mol. The van der Waals surface area contributed by atoms with Gasteiger partial charge in [-0.3, -0.25) is 9.69 Å². The van der Waals surface area contributed by atoms with Crippen molar-refractivity contribution in [1.29, 1.82) is 0 Å². The number of nitrogens with zero attached hydrogens (tertiary/aromatic N) is 5. The van der Waals surface area contributed by atoms with Gasteiger partial charge in [0.05, 0.1) is 12.2 Å². The summed E-state index contributed by atoms with van der Waals surface area (Å²) in [4.78, 5) is 21.5. The monoisotopic (exact) mass is 377 g/mol. The zero-order chi connectivity index (χ0) is 19.5. The van der Waals surface area contributed by atoms with Crippen LogP contribution in [0.25, 0.3) is 16.8 Å². The molecule has 1 aromatic carbocycles. The van der Waals surface area contributed by atoms with Crippen molar-refractivity contribution < 1.29 is 4.79 Å². The van der Waals surface area contributed by atoms with Gasteiger partial charge in [0.25, 0.3) is 0 Å². The van der Waals surface area contributed by atoms with Gasteiger partial charge < -0.3 is 4.90 Å². The van der Waals surface area contributed by atoms with Gasteiger partial charge in [-0.25, -0.2) is 9.50 Å². The number of carbonyl (C=O) groups is 1. The molecule has 1 aliphatic heterocycles. The Morgan fingerprint density at radius 3 is 2.75 bits per heavy atom. The minimum atomic E-state index is -0.0353. The average Bonchev–Trinajstić information content (AvgIpc) is 3.14. The van der Waals surface area contributed by atoms with E-state index in [1.165, 1.54) is 0 Å². The molecule has 1 saturated heterocycles. The summed E-state index contributed by atoms with van der Waals surface area (Å²) in [5.74, 6) is 0.235. The highest BCUT2D eigenvalue weighted by Gasteiger charge is 2.32. The van der Waals surface area contributed by atoms with Crippen LogP contribution in [-0.4, -0.2) is 56.5 Å². The third kappa shape index (κ3) is 3.64. The Balaban J connectivity index is 1.56. The van der Waals surface area contributed by atoms with Crippen LogP contribution in [-0.2, 0) is 11.3 Å². The van der Waals surface area contributed by atoms with Crippen LogP contribution in [0.4, 0.5) is 0 Å². The summed E-state index contributed by atoms with van der Waals surface area (Å²) >= 11 is 0. The van der Waals surface area contributed by atoms with Crippen LogP contribution in [0.5, 0.6) is 0 Å². The highest BCUT2D eigenvalue weighted by Crippen LogP contribution is 2.24. The van der Waals surface area contributed by atoms with Gasteiger partial charge in [0.1, 0.15) is 0 Å². The van der Waals surface area contributed by atoms with Gasteiger partial charge in [0, 0.05) is 50.2 Å².